The minimum absolute atomic E-state index is 0.481. The van der Waals surface area contributed by atoms with Gasteiger partial charge in [-0.1, -0.05) is 59.5 Å². The van der Waals surface area contributed by atoms with Gasteiger partial charge in [-0.05, 0) is 74.2 Å². The molecule has 1 unspecified atom stereocenters. The molecule has 2 aromatic carbocycles. The van der Waals surface area contributed by atoms with Crippen LogP contribution < -0.4 is 4.74 Å². The Morgan fingerprint density at radius 1 is 0.963 bits per heavy atom. The molecule has 0 N–H and O–H groups in total. The van der Waals surface area contributed by atoms with E-state index < -0.39 is 0 Å². The second-order valence-corrected chi connectivity index (χ2v) is 8.29. The lowest BCUT2D eigenvalue weighted by Gasteiger charge is -2.42. The van der Waals surface area contributed by atoms with Crippen molar-refractivity contribution in [3.05, 3.63) is 69.2 Å². The summed E-state index contributed by atoms with van der Waals surface area (Å²) in [7, 11) is 0. The van der Waals surface area contributed by atoms with Gasteiger partial charge >= 0.3 is 0 Å². The number of rotatable bonds is 5. The minimum atomic E-state index is 0.481. The number of hydrogen-bond donors (Lipinski definition) is 0. The van der Waals surface area contributed by atoms with Crippen LogP contribution >= 0.6 is 23.2 Å². The molecule has 1 aliphatic carbocycles. The van der Waals surface area contributed by atoms with Gasteiger partial charge in [-0.3, -0.25) is 4.90 Å². The van der Waals surface area contributed by atoms with Gasteiger partial charge in [0.25, 0.3) is 0 Å². The van der Waals surface area contributed by atoms with Gasteiger partial charge in [-0.15, -0.1) is 0 Å². The lowest BCUT2D eigenvalue weighted by molar-refractivity contribution is 0.121. The zero-order chi connectivity index (χ0) is 18.6. The van der Waals surface area contributed by atoms with Crippen molar-refractivity contribution < 1.29 is 4.74 Å². The van der Waals surface area contributed by atoms with Crippen LogP contribution in [0.15, 0.2) is 48.0 Å². The highest BCUT2D eigenvalue weighted by molar-refractivity contribution is 6.42. The summed E-state index contributed by atoms with van der Waals surface area (Å²) in [4.78, 5) is 2.64. The Labute approximate surface area is 171 Å². The highest BCUT2D eigenvalue weighted by Gasteiger charge is 2.28. The summed E-state index contributed by atoms with van der Waals surface area (Å²) in [5, 5.41) is 1.13. The van der Waals surface area contributed by atoms with Crippen molar-refractivity contribution in [2.45, 2.75) is 44.8 Å². The maximum atomic E-state index is 6.06. The molecule has 142 valence electrons. The van der Waals surface area contributed by atoms with Gasteiger partial charge < -0.3 is 4.74 Å². The summed E-state index contributed by atoms with van der Waals surface area (Å²) in [6.45, 7) is 3.02. The summed E-state index contributed by atoms with van der Waals surface area (Å²) in [5.41, 5.74) is 3.87. The third kappa shape index (κ3) is 4.68. The fraction of sp³-hybridized carbons (Fsp3) is 0.391. The van der Waals surface area contributed by atoms with Crippen LogP contribution in [0, 0.1) is 0 Å². The maximum absolute atomic E-state index is 6.06. The fourth-order valence-electron chi connectivity index (χ4n) is 3.93. The van der Waals surface area contributed by atoms with Crippen molar-refractivity contribution in [1.82, 2.24) is 4.90 Å². The normalized spacial score (nSPS) is 21.9. The van der Waals surface area contributed by atoms with E-state index in [-0.39, 0.29) is 0 Å². The van der Waals surface area contributed by atoms with E-state index in [1.165, 1.54) is 50.8 Å². The Bertz CT molecular complexity index is 812. The number of benzene rings is 2. The van der Waals surface area contributed by atoms with E-state index >= 15 is 0 Å². The Hall–Kier alpha value is -1.48. The Morgan fingerprint density at radius 3 is 2.48 bits per heavy atom. The molecular formula is C23H25Cl2NO. The van der Waals surface area contributed by atoms with E-state index in [2.05, 4.69) is 23.1 Å². The molecule has 2 aliphatic rings. The molecule has 2 aromatic rings. The first-order chi connectivity index (χ1) is 13.2. The second kappa shape index (κ2) is 8.68. The molecule has 2 nitrogen and oxygen atoms in total. The summed E-state index contributed by atoms with van der Waals surface area (Å²) in [5.74, 6) is 0.867. The highest BCUT2D eigenvalue weighted by Crippen LogP contribution is 2.32. The van der Waals surface area contributed by atoms with Crippen molar-refractivity contribution in [2.75, 3.05) is 13.1 Å². The summed E-state index contributed by atoms with van der Waals surface area (Å²) in [6, 6.07) is 14.6. The standard InChI is InChI=1S/C23H25Cl2NO/c24-21-11-8-18(15-22(21)25)16-27-20-9-6-17(7-10-20)14-19-4-1-2-5-23(19)26-12-3-13-26/h6-11,14-15,23H,1-5,12-13,16H2/b19-14-. The fourth-order valence-corrected chi connectivity index (χ4v) is 4.25. The molecule has 1 aliphatic heterocycles. The Balaban J connectivity index is 1.39. The van der Waals surface area contributed by atoms with Crippen molar-refractivity contribution in [2.24, 2.45) is 0 Å². The molecule has 2 fully saturated rings. The predicted molar refractivity (Wildman–Crippen MR) is 114 cm³/mol. The van der Waals surface area contributed by atoms with Gasteiger partial charge in [0.05, 0.1) is 10.0 Å². The van der Waals surface area contributed by atoms with E-state index in [0.29, 0.717) is 22.7 Å². The molecule has 1 heterocycles. The van der Waals surface area contributed by atoms with Crippen LogP contribution in [0.4, 0.5) is 0 Å². The van der Waals surface area contributed by atoms with Gasteiger partial charge in [0, 0.05) is 6.04 Å². The van der Waals surface area contributed by atoms with Crippen LogP contribution in [0.25, 0.3) is 6.08 Å². The average molecular weight is 402 g/mol. The molecule has 4 heteroatoms. The van der Waals surface area contributed by atoms with Crippen molar-refractivity contribution in [1.29, 1.82) is 0 Å². The van der Waals surface area contributed by atoms with Crippen molar-refractivity contribution in [3.63, 3.8) is 0 Å². The topological polar surface area (TPSA) is 12.5 Å². The van der Waals surface area contributed by atoms with Gasteiger partial charge in [0.1, 0.15) is 12.4 Å². The van der Waals surface area contributed by atoms with Crippen molar-refractivity contribution in [3.8, 4) is 5.75 Å². The lowest BCUT2D eigenvalue weighted by atomic mass is 9.86. The van der Waals surface area contributed by atoms with Crippen molar-refractivity contribution >= 4 is 29.3 Å². The molecule has 1 saturated heterocycles. The number of ether oxygens (including phenoxy) is 1. The Morgan fingerprint density at radius 2 is 1.78 bits per heavy atom. The van der Waals surface area contributed by atoms with Crippen LogP contribution in [0.1, 0.15) is 43.2 Å². The zero-order valence-electron chi connectivity index (χ0n) is 15.5. The van der Waals surface area contributed by atoms with Gasteiger partial charge in [0.15, 0.2) is 0 Å². The molecule has 0 amide bonds. The van der Waals surface area contributed by atoms with E-state index in [4.69, 9.17) is 27.9 Å². The average Bonchev–Trinajstić information content (AvgIpc) is 2.64. The van der Waals surface area contributed by atoms with E-state index in [1.54, 1.807) is 11.6 Å². The van der Waals surface area contributed by atoms with Gasteiger partial charge in [-0.25, -0.2) is 0 Å². The molecule has 1 saturated carbocycles. The van der Waals surface area contributed by atoms with Crippen LogP contribution in [0.5, 0.6) is 5.75 Å². The minimum Gasteiger partial charge on any atom is -0.489 e. The largest absolute Gasteiger partial charge is 0.489 e. The number of likely N-dealkylation sites (tertiary alicyclic amines) is 1. The van der Waals surface area contributed by atoms with Crippen LogP contribution in [0.2, 0.25) is 10.0 Å². The van der Waals surface area contributed by atoms with Crippen LogP contribution in [-0.2, 0) is 6.61 Å². The lowest BCUT2D eigenvalue weighted by Crippen LogP contribution is -2.46. The first kappa shape index (κ1) is 18.9. The molecular weight excluding hydrogens is 377 g/mol. The number of hydrogen-bond acceptors (Lipinski definition) is 2. The molecule has 0 spiro atoms. The number of nitrogens with zero attached hydrogens (tertiary/aromatic N) is 1. The summed E-state index contributed by atoms with van der Waals surface area (Å²) < 4.78 is 5.89. The van der Waals surface area contributed by atoms with E-state index in [1.807, 2.05) is 24.3 Å². The molecule has 0 radical (unpaired) electrons. The van der Waals surface area contributed by atoms with E-state index in [0.717, 1.165) is 11.3 Å². The third-order valence-electron chi connectivity index (χ3n) is 5.57. The van der Waals surface area contributed by atoms with Crippen LogP contribution in [-0.4, -0.2) is 24.0 Å². The third-order valence-corrected chi connectivity index (χ3v) is 6.31. The van der Waals surface area contributed by atoms with Crippen LogP contribution in [0.3, 0.4) is 0 Å². The number of halogens is 2. The zero-order valence-corrected chi connectivity index (χ0v) is 17.0. The summed E-state index contributed by atoms with van der Waals surface area (Å²) >= 11 is 12.0. The highest BCUT2D eigenvalue weighted by atomic mass is 35.5. The first-order valence-corrected chi connectivity index (χ1v) is 10.6. The summed E-state index contributed by atoms with van der Waals surface area (Å²) in [6.07, 6.45) is 8.98. The predicted octanol–water partition coefficient (Wildman–Crippen LogP) is 6.60. The molecule has 0 bridgehead atoms. The maximum Gasteiger partial charge on any atom is 0.119 e. The monoisotopic (exact) mass is 401 g/mol. The van der Waals surface area contributed by atoms with Gasteiger partial charge in [-0.2, -0.15) is 0 Å². The molecule has 27 heavy (non-hydrogen) atoms. The Kier molecular flexibility index (Phi) is 6.07. The first-order valence-electron chi connectivity index (χ1n) is 9.80. The smallest absolute Gasteiger partial charge is 0.119 e. The quantitative estimate of drug-likeness (QED) is 0.558. The van der Waals surface area contributed by atoms with E-state index in [9.17, 15) is 0 Å². The molecule has 1 atom stereocenters. The second-order valence-electron chi connectivity index (χ2n) is 7.48. The SMILES string of the molecule is Clc1ccc(COc2ccc(/C=C3/CCCCC3N3CCC3)cc2)cc1Cl. The molecule has 4 rings (SSSR count). The van der Waals surface area contributed by atoms with Gasteiger partial charge in [0.2, 0.25) is 0 Å². The molecule has 0 aromatic heterocycles.